The van der Waals surface area contributed by atoms with E-state index in [0.29, 0.717) is 0 Å². The van der Waals surface area contributed by atoms with Crippen LogP contribution in [0.1, 0.15) is 37.4 Å². The molecule has 0 aliphatic carbocycles. The van der Waals surface area contributed by atoms with Gasteiger partial charge in [0.2, 0.25) is 0 Å². The van der Waals surface area contributed by atoms with E-state index in [4.69, 9.17) is 4.98 Å². The summed E-state index contributed by atoms with van der Waals surface area (Å²) in [4.78, 5) is 9.14. The first-order chi connectivity index (χ1) is 9.28. The van der Waals surface area contributed by atoms with Crippen molar-refractivity contribution in [1.29, 1.82) is 0 Å². The molecule has 0 bridgehead atoms. The number of imidazole rings is 1. The lowest BCUT2D eigenvalue weighted by Crippen LogP contribution is -2.09. The van der Waals surface area contributed by atoms with Crippen LogP contribution in [0.5, 0.6) is 0 Å². The highest BCUT2D eigenvalue weighted by Gasteiger charge is 2.08. The molecule has 0 aliphatic heterocycles. The second-order valence-corrected chi connectivity index (χ2v) is 4.67. The van der Waals surface area contributed by atoms with Crippen molar-refractivity contribution in [2.75, 3.05) is 7.05 Å². The second-order valence-electron chi connectivity index (χ2n) is 4.67. The Bertz CT molecular complexity index is 531. The van der Waals surface area contributed by atoms with E-state index in [0.717, 1.165) is 43.1 Å². The normalized spacial score (nSPS) is 10.9. The Hall–Kier alpha value is -1.68. The highest BCUT2D eigenvalue weighted by molar-refractivity contribution is 5.32. The van der Waals surface area contributed by atoms with Crippen LogP contribution < -0.4 is 5.32 Å². The number of rotatable bonds is 6. The zero-order chi connectivity index (χ0) is 13.7. The molecule has 0 aliphatic rings. The Morgan fingerprint density at radius 1 is 1.26 bits per heavy atom. The van der Waals surface area contributed by atoms with E-state index in [9.17, 15) is 0 Å². The number of hydrogen-bond donors (Lipinski definition) is 1. The van der Waals surface area contributed by atoms with E-state index >= 15 is 0 Å². The van der Waals surface area contributed by atoms with E-state index in [-0.39, 0.29) is 0 Å². The molecule has 2 aromatic rings. The largest absolute Gasteiger partial charge is 0.316 e. The first-order valence-electron chi connectivity index (χ1n) is 6.95. The topological polar surface area (TPSA) is 42.7 Å². The molecule has 0 saturated heterocycles. The fourth-order valence-corrected chi connectivity index (χ4v) is 2.20. The first kappa shape index (κ1) is 13.7. The molecule has 2 aromatic heterocycles. The van der Waals surface area contributed by atoms with Crippen molar-refractivity contribution in [1.82, 2.24) is 19.9 Å². The SMILES string of the molecule is CCCc1nccn1-c1cc(CNC)cc(CC)n1. The molecule has 1 N–H and O–H groups in total. The Morgan fingerprint density at radius 2 is 2.11 bits per heavy atom. The highest BCUT2D eigenvalue weighted by Crippen LogP contribution is 2.14. The van der Waals surface area contributed by atoms with Gasteiger partial charge in [0.15, 0.2) is 0 Å². The van der Waals surface area contributed by atoms with Crippen LogP contribution in [0.4, 0.5) is 0 Å². The molecule has 0 unspecified atom stereocenters. The summed E-state index contributed by atoms with van der Waals surface area (Å²) >= 11 is 0. The quantitative estimate of drug-likeness (QED) is 0.865. The predicted molar refractivity (Wildman–Crippen MR) is 77.5 cm³/mol. The summed E-state index contributed by atoms with van der Waals surface area (Å²) in [6, 6.07) is 4.30. The zero-order valence-electron chi connectivity index (χ0n) is 12.0. The van der Waals surface area contributed by atoms with Gasteiger partial charge in [-0.15, -0.1) is 0 Å². The van der Waals surface area contributed by atoms with Crippen LogP contribution in [0.2, 0.25) is 0 Å². The van der Waals surface area contributed by atoms with E-state index < -0.39 is 0 Å². The molecule has 2 heterocycles. The smallest absolute Gasteiger partial charge is 0.138 e. The third kappa shape index (κ3) is 3.20. The molecular formula is C15H22N4. The van der Waals surface area contributed by atoms with Crippen molar-refractivity contribution in [3.05, 3.63) is 41.6 Å². The van der Waals surface area contributed by atoms with Crippen LogP contribution >= 0.6 is 0 Å². The molecule has 0 saturated carbocycles. The maximum Gasteiger partial charge on any atom is 0.138 e. The summed E-state index contributed by atoms with van der Waals surface area (Å²) < 4.78 is 2.10. The zero-order valence-corrected chi connectivity index (χ0v) is 12.0. The van der Waals surface area contributed by atoms with Gasteiger partial charge in [-0.1, -0.05) is 13.8 Å². The summed E-state index contributed by atoms with van der Waals surface area (Å²) in [7, 11) is 1.96. The van der Waals surface area contributed by atoms with Crippen LogP contribution in [0.3, 0.4) is 0 Å². The standard InChI is InChI=1S/C15H22N4/c1-4-6-14-17-7-8-19(14)15-10-12(11-16-3)9-13(5-2)18-15/h7-10,16H,4-6,11H2,1-3H3. The van der Waals surface area contributed by atoms with Crippen LogP contribution in [-0.2, 0) is 19.4 Å². The molecule has 0 amide bonds. The van der Waals surface area contributed by atoms with Gasteiger partial charge in [0, 0.05) is 31.1 Å². The van der Waals surface area contributed by atoms with Crippen LogP contribution in [0.15, 0.2) is 24.5 Å². The minimum absolute atomic E-state index is 0.861. The second kappa shape index (κ2) is 6.48. The maximum absolute atomic E-state index is 4.71. The molecule has 19 heavy (non-hydrogen) atoms. The average Bonchev–Trinajstić information content (AvgIpc) is 2.87. The minimum Gasteiger partial charge on any atom is -0.316 e. The maximum atomic E-state index is 4.71. The van der Waals surface area contributed by atoms with E-state index in [2.05, 4.69) is 40.8 Å². The van der Waals surface area contributed by atoms with E-state index in [1.807, 2.05) is 19.4 Å². The third-order valence-corrected chi connectivity index (χ3v) is 3.11. The van der Waals surface area contributed by atoms with Crippen molar-refractivity contribution < 1.29 is 0 Å². The molecular weight excluding hydrogens is 236 g/mol. The molecule has 4 nitrogen and oxygen atoms in total. The lowest BCUT2D eigenvalue weighted by molar-refractivity contribution is 0.780. The lowest BCUT2D eigenvalue weighted by Gasteiger charge is -2.10. The van der Waals surface area contributed by atoms with Gasteiger partial charge in [-0.25, -0.2) is 9.97 Å². The van der Waals surface area contributed by atoms with Crippen LogP contribution in [0.25, 0.3) is 5.82 Å². The molecule has 2 rings (SSSR count). The minimum atomic E-state index is 0.861. The summed E-state index contributed by atoms with van der Waals surface area (Å²) in [6.07, 6.45) is 6.86. The van der Waals surface area contributed by atoms with Crippen LogP contribution in [0, 0.1) is 0 Å². The molecule has 0 aromatic carbocycles. The Morgan fingerprint density at radius 3 is 2.79 bits per heavy atom. The Kier molecular flexibility index (Phi) is 4.68. The average molecular weight is 258 g/mol. The van der Waals surface area contributed by atoms with Gasteiger partial charge in [0.1, 0.15) is 11.6 Å². The Balaban J connectivity index is 2.42. The van der Waals surface area contributed by atoms with E-state index in [1.54, 1.807) is 0 Å². The van der Waals surface area contributed by atoms with Gasteiger partial charge in [0.05, 0.1) is 0 Å². The van der Waals surface area contributed by atoms with Crippen LogP contribution in [-0.4, -0.2) is 21.6 Å². The van der Waals surface area contributed by atoms with Crippen molar-refractivity contribution >= 4 is 0 Å². The molecule has 0 fully saturated rings. The van der Waals surface area contributed by atoms with Gasteiger partial charge in [-0.2, -0.15) is 0 Å². The van der Waals surface area contributed by atoms with Crippen molar-refractivity contribution in [2.45, 2.75) is 39.7 Å². The Labute approximate surface area is 114 Å². The molecule has 0 radical (unpaired) electrons. The van der Waals surface area contributed by atoms with Crippen molar-refractivity contribution in [3.63, 3.8) is 0 Å². The summed E-state index contributed by atoms with van der Waals surface area (Å²) in [5, 5.41) is 3.19. The van der Waals surface area contributed by atoms with Crippen molar-refractivity contribution in [2.24, 2.45) is 0 Å². The first-order valence-corrected chi connectivity index (χ1v) is 6.95. The number of nitrogens with one attached hydrogen (secondary N) is 1. The number of aromatic nitrogens is 3. The molecule has 0 atom stereocenters. The summed E-state index contributed by atoms with van der Waals surface area (Å²) in [6.45, 7) is 5.16. The highest BCUT2D eigenvalue weighted by atomic mass is 15.1. The number of pyridine rings is 1. The fraction of sp³-hybridized carbons (Fsp3) is 0.467. The molecule has 102 valence electrons. The lowest BCUT2D eigenvalue weighted by atomic mass is 10.2. The number of aryl methyl sites for hydroxylation is 2. The molecule has 4 heteroatoms. The summed E-state index contributed by atoms with van der Waals surface area (Å²) in [5.41, 5.74) is 2.39. The van der Waals surface area contributed by atoms with Gasteiger partial charge >= 0.3 is 0 Å². The number of hydrogen-bond acceptors (Lipinski definition) is 3. The van der Waals surface area contributed by atoms with Crippen molar-refractivity contribution in [3.8, 4) is 5.82 Å². The van der Waals surface area contributed by atoms with Gasteiger partial charge < -0.3 is 5.32 Å². The molecule has 0 spiro atoms. The fourth-order valence-electron chi connectivity index (χ4n) is 2.20. The van der Waals surface area contributed by atoms with E-state index in [1.165, 1.54) is 5.56 Å². The number of nitrogens with zero attached hydrogens (tertiary/aromatic N) is 3. The summed E-state index contributed by atoms with van der Waals surface area (Å²) in [5.74, 6) is 2.06. The van der Waals surface area contributed by atoms with Gasteiger partial charge in [-0.05, 0) is 37.6 Å². The monoisotopic (exact) mass is 258 g/mol. The predicted octanol–water partition coefficient (Wildman–Crippen LogP) is 2.50. The van der Waals surface area contributed by atoms with Gasteiger partial charge in [-0.3, -0.25) is 4.57 Å². The third-order valence-electron chi connectivity index (χ3n) is 3.11. The van der Waals surface area contributed by atoms with Gasteiger partial charge in [0.25, 0.3) is 0 Å².